The van der Waals surface area contributed by atoms with Gasteiger partial charge in [0.05, 0.1) is 0 Å². The Bertz CT molecular complexity index is 101. The first kappa shape index (κ1) is 12.0. The highest BCUT2D eigenvalue weighted by atomic mass is 16.5. The maximum atomic E-state index is 5.92. The molecule has 0 aliphatic rings. The molecule has 2 heteroatoms. The molecule has 0 spiro atoms. The van der Waals surface area contributed by atoms with Gasteiger partial charge >= 0.3 is 0 Å². The third kappa shape index (κ3) is 6.72. The highest BCUT2D eigenvalue weighted by molar-refractivity contribution is 6.51. The molecule has 1 nitrogen and oxygen atoms in total. The second kappa shape index (κ2) is 5.63. The lowest BCUT2D eigenvalue weighted by molar-refractivity contribution is 0.127. The Hall–Kier alpha value is 0.0249. The highest BCUT2D eigenvalue weighted by Crippen LogP contribution is 2.16. The smallest absolute Gasteiger partial charge is 0.293 e. The summed E-state index contributed by atoms with van der Waals surface area (Å²) in [4.78, 5) is 0. The van der Waals surface area contributed by atoms with Crippen molar-refractivity contribution < 1.29 is 4.65 Å². The average Bonchev–Trinajstić information content (AvgIpc) is 1.84. The Morgan fingerprint density at radius 1 is 1.00 bits per heavy atom. The van der Waals surface area contributed by atoms with E-state index >= 15 is 0 Å². The summed E-state index contributed by atoms with van der Waals surface area (Å²) in [5.41, 5.74) is 0.0228. The minimum absolute atomic E-state index is 0.0228. The van der Waals surface area contributed by atoms with Gasteiger partial charge in [-0.15, -0.1) is 0 Å². The van der Waals surface area contributed by atoms with Crippen LogP contribution in [0.3, 0.4) is 0 Å². The van der Waals surface area contributed by atoms with E-state index in [9.17, 15) is 0 Å². The first-order valence-corrected chi connectivity index (χ1v) is 5.17. The molecular weight excluding hydrogens is 147 g/mol. The van der Waals surface area contributed by atoms with Crippen molar-refractivity contribution in [3.05, 3.63) is 0 Å². The van der Waals surface area contributed by atoms with Gasteiger partial charge in [0.25, 0.3) is 6.92 Å². The summed E-state index contributed by atoms with van der Waals surface area (Å²) in [5.74, 6) is 0. The van der Waals surface area contributed by atoms with Crippen LogP contribution in [0, 0.1) is 0 Å². The molecule has 0 amide bonds. The van der Waals surface area contributed by atoms with Crippen molar-refractivity contribution in [3.63, 3.8) is 0 Å². The lowest BCUT2D eigenvalue weighted by atomic mass is 9.59. The summed E-state index contributed by atoms with van der Waals surface area (Å²) < 4.78 is 5.92. The molecule has 0 aromatic rings. The van der Waals surface area contributed by atoms with E-state index in [1.54, 1.807) is 0 Å². The summed E-state index contributed by atoms with van der Waals surface area (Å²) in [7, 11) is 0. The predicted octanol–water partition coefficient (Wildman–Crippen LogP) is 3.61. The third-order valence-corrected chi connectivity index (χ3v) is 1.74. The molecular formula is C10H23BO. The second-order valence-corrected chi connectivity index (χ2v) is 4.43. The van der Waals surface area contributed by atoms with E-state index in [-0.39, 0.29) is 5.60 Å². The highest BCUT2D eigenvalue weighted by Gasteiger charge is 2.20. The minimum atomic E-state index is 0.0228. The first-order chi connectivity index (χ1) is 5.49. The van der Waals surface area contributed by atoms with E-state index < -0.39 is 0 Å². The zero-order chi connectivity index (χ0) is 9.61. The molecule has 0 bridgehead atoms. The molecule has 12 heavy (non-hydrogen) atoms. The summed E-state index contributed by atoms with van der Waals surface area (Å²) in [6.45, 7) is 11.3. The third-order valence-electron chi connectivity index (χ3n) is 1.74. The van der Waals surface area contributed by atoms with Gasteiger partial charge in [0.15, 0.2) is 0 Å². The van der Waals surface area contributed by atoms with Crippen molar-refractivity contribution in [3.8, 4) is 0 Å². The van der Waals surface area contributed by atoms with Gasteiger partial charge in [0.1, 0.15) is 0 Å². The molecule has 0 aliphatic carbocycles. The van der Waals surface area contributed by atoms with Crippen LogP contribution in [0.15, 0.2) is 0 Å². The molecule has 0 aliphatic heterocycles. The Morgan fingerprint density at radius 3 is 1.67 bits per heavy atom. The van der Waals surface area contributed by atoms with Crippen molar-refractivity contribution in [1.29, 1.82) is 0 Å². The summed E-state index contributed by atoms with van der Waals surface area (Å²) in [6.07, 6.45) is 4.84. The normalized spacial score (nSPS) is 11.8. The van der Waals surface area contributed by atoms with Gasteiger partial charge < -0.3 is 4.65 Å². The van der Waals surface area contributed by atoms with Crippen LogP contribution in [0.2, 0.25) is 12.6 Å². The van der Waals surface area contributed by atoms with E-state index in [0.717, 1.165) is 0 Å². The largest absolute Gasteiger partial charge is 0.432 e. The lowest BCUT2D eigenvalue weighted by Gasteiger charge is -2.25. The van der Waals surface area contributed by atoms with Crippen LogP contribution in [0.5, 0.6) is 0 Å². The molecule has 0 aromatic heterocycles. The monoisotopic (exact) mass is 170 g/mol. The lowest BCUT2D eigenvalue weighted by Crippen LogP contribution is -2.30. The minimum Gasteiger partial charge on any atom is -0.432 e. The summed E-state index contributed by atoms with van der Waals surface area (Å²) in [6, 6.07) is 0. The van der Waals surface area contributed by atoms with Gasteiger partial charge in [0, 0.05) is 5.60 Å². The van der Waals surface area contributed by atoms with Gasteiger partial charge in [-0.2, -0.15) is 0 Å². The van der Waals surface area contributed by atoms with Crippen molar-refractivity contribution in [2.24, 2.45) is 0 Å². The molecule has 0 unspecified atom stereocenters. The SMILES string of the molecule is CCCB(CCC)OC(C)(C)C. The van der Waals surface area contributed by atoms with Crippen LogP contribution in [0.4, 0.5) is 0 Å². The summed E-state index contributed by atoms with van der Waals surface area (Å²) in [5, 5.41) is 0. The predicted molar refractivity (Wildman–Crippen MR) is 56.8 cm³/mol. The number of rotatable bonds is 5. The fraction of sp³-hybridized carbons (Fsp3) is 1.00. The van der Waals surface area contributed by atoms with Crippen LogP contribution in [-0.4, -0.2) is 12.5 Å². The van der Waals surface area contributed by atoms with Gasteiger partial charge in [-0.25, -0.2) is 0 Å². The van der Waals surface area contributed by atoms with Crippen LogP contribution < -0.4 is 0 Å². The van der Waals surface area contributed by atoms with E-state index in [0.29, 0.717) is 6.92 Å². The molecule has 0 rings (SSSR count). The van der Waals surface area contributed by atoms with Crippen molar-refractivity contribution >= 4 is 6.92 Å². The van der Waals surface area contributed by atoms with E-state index in [2.05, 4.69) is 34.6 Å². The van der Waals surface area contributed by atoms with Crippen LogP contribution in [0.25, 0.3) is 0 Å². The summed E-state index contributed by atoms with van der Waals surface area (Å²) >= 11 is 0. The molecule has 0 fully saturated rings. The van der Waals surface area contributed by atoms with Crippen molar-refractivity contribution in [2.75, 3.05) is 0 Å². The fourth-order valence-electron chi connectivity index (χ4n) is 1.41. The maximum absolute atomic E-state index is 5.92. The molecule has 0 atom stereocenters. The van der Waals surface area contributed by atoms with Gasteiger partial charge in [-0.1, -0.05) is 26.7 Å². The second-order valence-electron chi connectivity index (χ2n) is 4.43. The van der Waals surface area contributed by atoms with Gasteiger partial charge in [0.2, 0.25) is 0 Å². The average molecular weight is 170 g/mol. The van der Waals surface area contributed by atoms with Crippen molar-refractivity contribution in [1.82, 2.24) is 0 Å². The number of hydrogen-bond donors (Lipinski definition) is 0. The first-order valence-electron chi connectivity index (χ1n) is 5.17. The molecule has 0 heterocycles. The molecule has 0 N–H and O–H groups in total. The molecule has 0 saturated carbocycles. The topological polar surface area (TPSA) is 9.23 Å². The van der Waals surface area contributed by atoms with E-state index in [4.69, 9.17) is 4.65 Å². The molecule has 0 saturated heterocycles. The Kier molecular flexibility index (Phi) is 5.64. The van der Waals surface area contributed by atoms with Crippen LogP contribution in [-0.2, 0) is 4.65 Å². The molecule has 0 radical (unpaired) electrons. The Morgan fingerprint density at radius 2 is 1.42 bits per heavy atom. The molecule has 0 aromatic carbocycles. The van der Waals surface area contributed by atoms with E-state index in [1.807, 2.05) is 0 Å². The quantitative estimate of drug-likeness (QED) is 0.572. The number of hydrogen-bond acceptors (Lipinski definition) is 1. The zero-order valence-electron chi connectivity index (χ0n) is 9.31. The zero-order valence-corrected chi connectivity index (χ0v) is 9.31. The maximum Gasteiger partial charge on any atom is 0.293 e. The van der Waals surface area contributed by atoms with E-state index in [1.165, 1.54) is 25.5 Å². The fourth-order valence-corrected chi connectivity index (χ4v) is 1.41. The van der Waals surface area contributed by atoms with Gasteiger partial charge in [-0.05, 0) is 33.4 Å². The van der Waals surface area contributed by atoms with Crippen molar-refractivity contribution in [2.45, 2.75) is 65.7 Å². The van der Waals surface area contributed by atoms with Gasteiger partial charge in [-0.3, -0.25) is 0 Å². The van der Waals surface area contributed by atoms with Crippen LogP contribution in [0.1, 0.15) is 47.5 Å². The standard InChI is InChI=1S/C10H23BO/c1-6-8-11(9-7-2)12-10(3,4)5/h6-9H2,1-5H3. The van der Waals surface area contributed by atoms with Crippen LogP contribution >= 0.6 is 0 Å². The Balaban J connectivity index is 3.77. The molecule has 72 valence electrons. The Labute approximate surface area is 78.0 Å².